The van der Waals surface area contributed by atoms with Crippen LogP contribution in [0.1, 0.15) is 58.8 Å². The highest BCUT2D eigenvalue weighted by Gasteiger charge is 2.54. The molecule has 3 N–H and O–H groups in total. The molecule has 2 saturated heterocycles. The molecule has 0 saturated carbocycles. The Balaban J connectivity index is 1.47. The molecule has 3 aliphatic rings. The Morgan fingerprint density at radius 3 is 2.66 bits per heavy atom. The lowest BCUT2D eigenvalue weighted by atomic mass is 9.66. The van der Waals surface area contributed by atoms with E-state index in [2.05, 4.69) is 58.0 Å². The van der Waals surface area contributed by atoms with Crippen LogP contribution in [0.25, 0.3) is 0 Å². The van der Waals surface area contributed by atoms with Crippen LogP contribution in [-0.4, -0.2) is 49.8 Å². The summed E-state index contributed by atoms with van der Waals surface area (Å²) in [6, 6.07) is 8.81. The molecule has 2 aliphatic heterocycles. The van der Waals surface area contributed by atoms with Crippen LogP contribution < -0.4 is 21.0 Å². The second kappa shape index (κ2) is 9.94. The zero-order valence-electron chi connectivity index (χ0n) is 20.2. The third-order valence-electron chi connectivity index (χ3n) is 8.12. The first kappa shape index (κ1) is 23.3. The number of carbonyl (C=O) groups is 1. The molecule has 1 aromatic carbocycles. The van der Waals surface area contributed by atoms with Crippen molar-refractivity contribution in [3.63, 3.8) is 0 Å². The van der Waals surface area contributed by atoms with Crippen LogP contribution in [0, 0.1) is 11.3 Å². The molecule has 176 valence electrons. The predicted octanol–water partition coefficient (Wildman–Crippen LogP) is 4.12. The molecular formula is C26H41N5O. The van der Waals surface area contributed by atoms with Crippen LogP contribution in [0.4, 0.5) is 11.4 Å². The quantitative estimate of drug-likeness (QED) is 0.619. The topological polar surface area (TPSA) is 59.6 Å². The summed E-state index contributed by atoms with van der Waals surface area (Å²) in [6.07, 6.45) is 13.4. The number of benzene rings is 1. The molecule has 1 aliphatic carbocycles. The van der Waals surface area contributed by atoms with Gasteiger partial charge in [-0.2, -0.15) is 0 Å². The molecule has 0 aromatic heterocycles. The Kier molecular flexibility index (Phi) is 7.23. The van der Waals surface area contributed by atoms with E-state index in [1.807, 2.05) is 32.3 Å². The van der Waals surface area contributed by atoms with Crippen LogP contribution in [0.15, 0.2) is 36.4 Å². The maximum absolute atomic E-state index is 13.3. The normalized spacial score (nSPS) is 34.6. The standard InChI is InChI=1S/C26H41N5O/c1-19-26(15-10-8-6-5-7-9-11-16-26)20(2)31-24(28-19)23(18-27-31)25(32)29-21-13-12-14-22(17-21)30(3)4/h5-6,12-14,17,19-20,23-24,27-28H,7-11,15-16,18H2,1-4H3,(H,29,32)/b6-5-. The van der Waals surface area contributed by atoms with Crippen molar-refractivity contribution in [3.05, 3.63) is 36.4 Å². The fourth-order valence-electron chi connectivity index (χ4n) is 6.05. The van der Waals surface area contributed by atoms with E-state index in [9.17, 15) is 4.79 Å². The van der Waals surface area contributed by atoms with Crippen molar-refractivity contribution in [3.8, 4) is 0 Å². The average Bonchev–Trinajstić information content (AvgIpc) is 3.20. The summed E-state index contributed by atoms with van der Waals surface area (Å²) in [5.41, 5.74) is 5.77. The van der Waals surface area contributed by atoms with Crippen LogP contribution in [-0.2, 0) is 4.79 Å². The van der Waals surface area contributed by atoms with Crippen molar-refractivity contribution in [2.45, 2.75) is 77.0 Å². The van der Waals surface area contributed by atoms with E-state index in [0.717, 1.165) is 11.4 Å². The van der Waals surface area contributed by atoms with Crippen molar-refractivity contribution >= 4 is 17.3 Å². The van der Waals surface area contributed by atoms with Gasteiger partial charge in [0.2, 0.25) is 5.91 Å². The number of anilines is 2. The number of hydrogen-bond donors (Lipinski definition) is 3. The van der Waals surface area contributed by atoms with Crippen molar-refractivity contribution in [1.29, 1.82) is 0 Å². The van der Waals surface area contributed by atoms with Gasteiger partial charge in [-0.15, -0.1) is 0 Å². The third kappa shape index (κ3) is 4.59. The molecule has 32 heavy (non-hydrogen) atoms. The summed E-state index contributed by atoms with van der Waals surface area (Å²) in [5.74, 6) is -0.0393. The van der Waals surface area contributed by atoms with Gasteiger partial charge in [0.25, 0.3) is 0 Å². The molecule has 1 amide bonds. The maximum Gasteiger partial charge on any atom is 0.231 e. The zero-order chi connectivity index (χ0) is 22.7. The lowest BCUT2D eigenvalue weighted by Crippen LogP contribution is -2.69. The first-order valence-electron chi connectivity index (χ1n) is 12.4. The maximum atomic E-state index is 13.3. The van der Waals surface area contributed by atoms with Gasteiger partial charge in [0.05, 0.1) is 12.1 Å². The number of amides is 1. The van der Waals surface area contributed by atoms with Crippen molar-refractivity contribution in [2.24, 2.45) is 11.3 Å². The highest BCUT2D eigenvalue weighted by molar-refractivity contribution is 5.93. The van der Waals surface area contributed by atoms with Crippen molar-refractivity contribution < 1.29 is 4.79 Å². The highest BCUT2D eigenvalue weighted by Crippen LogP contribution is 2.45. The molecule has 6 heteroatoms. The summed E-state index contributed by atoms with van der Waals surface area (Å²) in [7, 11) is 4.03. The van der Waals surface area contributed by atoms with Gasteiger partial charge in [-0.3, -0.25) is 15.5 Å². The number of carbonyl (C=O) groups excluding carboxylic acids is 1. The number of nitrogens with zero attached hydrogens (tertiary/aromatic N) is 2. The monoisotopic (exact) mass is 439 g/mol. The molecule has 5 unspecified atom stereocenters. The molecule has 1 aromatic rings. The zero-order valence-corrected chi connectivity index (χ0v) is 20.2. The van der Waals surface area contributed by atoms with Crippen LogP contribution >= 0.6 is 0 Å². The summed E-state index contributed by atoms with van der Waals surface area (Å²) in [5, 5.41) is 9.41. The van der Waals surface area contributed by atoms with E-state index < -0.39 is 0 Å². The third-order valence-corrected chi connectivity index (χ3v) is 8.12. The first-order valence-corrected chi connectivity index (χ1v) is 12.4. The Morgan fingerprint density at radius 1 is 1.12 bits per heavy atom. The lowest BCUT2D eigenvalue weighted by Gasteiger charge is -2.55. The molecule has 0 bridgehead atoms. The van der Waals surface area contributed by atoms with E-state index in [-0.39, 0.29) is 23.4 Å². The number of rotatable bonds is 3. The molecule has 4 rings (SSSR count). The highest BCUT2D eigenvalue weighted by atomic mass is 16.2. The Morgan fingerprint density at radius 2 is 1.88 bits per heavy atom. The number of allylic oxidation sites excluding steroid dienone is 2. The van der Waals surface area contributed by atoms with Crippen LogP contribution in [0.5, 0.6) is 0 Å². The molecule has 5 atom stereocenters. The van der Waals surface area contributed by atoms with Crippen LogP contribution in [0.2, 0.25) is 0 Å². The van der Waals surface area contributed by atoms with Gasteiger partial charge in [0.15, 0.2) is 0 Å². The first-order chi connectivity index (χ1) is 15.4. The largest absolute Gasteiger partial charge is 0.378 e. The van der Waals surface area contributed by atoms with Gasteiger partial charge in [-0.05, 0) is 70.6 Å². The molecule has 6 nitrogen and oxygen atoms in total. The van der Waals surface area contributed by atoms with E-state index in [1.165, 1.54) is 44.9 Å². The Bertz CT molecular complexity index is 824. The smallest absolute Gasteiger partial charge is 0.231 e. The van der Waals surface area contributed by atoms with Gasteiger partial charge in [-0.25, -0.2) is 5.01 Å². The van der Waals surface area contributed by atoms with Crippen molar-refractivity contribution in [1.82, 2.24) is 15.8 Å². The number of hydrazine groups is 1. The Labute approximate surface area is 193 Å². The second-order valence-corrected chi connectivity index (χ2v) is 10.2. The molecule has 0 radical (unpaired) electrons. The second-order valence-electron chi connectivity index (χ2n) is 10.2. The van der Waals surface area contributed by atoms with Gasteiger partial charge < -0.3 is 10.2 Å². The average molecular weight is 440 g/mol. The Hall–Kier alpha value is -1.89. The van der Waals surface area contributed by atoms with Gasteiger partial charge in [-0.1, -0.05) is 24.6 Å². The van der Waals surface area contributed by atoms with Gasteiger partial charge in [0.1, 0.15) is 0 Å². The molecule has 1 spiro atoms. The minimum absolute atomic E-state index is 0.0259. The molecular weight excluding hydrogens is 398 g/mol. The van der Waals surface area contributed by atoms with E-state index in [1.54, 1.807) is 0 Å². The summed E-state index contributed by atoms with van der Waals surface area (Å²) < 4.78 is 0. The number of hydrogen-bond acceptors (Lipinski definition) is 5. The number of nitrogens with one attached hydrogen (secondary N) is 3. The summed E-state index contributed by atoms with van der Waals surface area (Å²) in [4.78, 5) is 15.3. The molecule has 2 heterocycles. The van der Waals surface area contributed by atoms with E-state index in [0.29, 0.717) is 18.6 Å². The fraction of sp³-hybridized carbons (Fsp3) is 0.654. The van der Waals surface area contributed by atoms with E-state index >= 15 is 0 Å². The SMILES string of the molecule is CC1NC2C(C(=O)Nc3cccc(N(C)C)c3)CNN2C(C)C12CCC/C=C\CCCC2. The van der Waals surface area contributed by atoms with Gasteiger partial charge in [0, 0.05) is 49.5 Å². The molecule has 2 fully saturated rings. The van der Waals surface area contributed by atoms with Crippen molar-refractivity contribution in [2.75, 3.05) is 30.9 Å². The summed E-state index contributed by atoms with van der Waals surface area (Å²) in [6.45, 7) is 5.40. The number of fused-ring (bicyclic) bond motifs is 1. The lowest BCUT2D eigenvalue weighted by molar-refractivity contribution is -0.123. The van der Waals surface area contributed by atoms with Gasteiger partial charge >= 0.3 is 0 Å². The minimum atomic E-state index is -0.122. The minimum Gasteiger partial charge on any atom is -0.378 e. The fourth-order valence-corrected chi connectivity index (χ4v) is 6.05. The van der Waals surface area contributed by atoms with Crippen LogP contribution in [0.3, 0.4) is 0 Å². The summed E-state index contributed by atoms with van der Waals surface area (Å²) >= 11 is 0. The van der Waals surface area contributed by atoms with E-state index in [4.69, 9.17) is 0 Å². The predicted molar refractivity (Wildman–Crippen MR) is 132 cm³/mol.